The fourth-order valence-electron chi connectivity index (χ4n) is 5.95. The third-order valence-corrected chi connectivity index (χ3v) is 9.34. The van der Waals surface area contributed by atoms with Gasteiger partial charge >= 0.3 is 0 Å². The highest BCUT2D eigenvalue weighted by molar-refractivity contribution is 7.26. The van der Waals surface area contributed by atoms with Gasteiger partial charge in [0.1, 0.15) is 0 Å². The first-order valence-electron chi connectivity index (χ1n) is 18.1. The van der Waals surface area contributed by atoms with Crippen LogP contribution in [0, 0.1) is 0 Å². The summed E-state index contributed by atoms with van der Waals surface area (Å²) < 4.78 is 62.6. The number of benzene rings is 7. The maximum atomic E-state index is 9.20. The van der Waals surface area contributed by atoms with Crippen molar-refractivity contribution in [1.29, 1.82) is 0 Å². The van der Waals surface area contributed by atoms with Crippen molar-refractivity contribution < 1.29 is 9.60 Å². The molecule has 0 fully saturated rings. The van der Waals surface area contributed by atoms with Gasteiger partial charge < -0.3 is 0 Å². The summed E-state index contributed by atoms with van der Waals surface area (Å²) >= 11 is 1.65. The largest absolute Gasteiger partial charge is 0.228 e. The standard InChI is InChI=1S/C42H26N2S/c1-3-12-28(13-4-1)38-26-39(29-14-5-2-6-15-29)44-42(43-38)37-25-36-34-17-9-10-18-40(34)45-41(36)35-24-32(21-22-33(35)37)31-20-19-27-11-7-8-16-30(27)23-31/h1-26H/i7D,8D,11D,16D,19D,20D,23D. The van der Waals surface area contributed by atoms with E-state index in [9.17, 15) is 1.37 Å². The summed E-state index contributed by atoms with van der Waals surface area (Å²) in [7, 11) is 0. The van der Waals surface area contributed by atoms with E-state index in [0.717, 1.165) is 59.0 Å². The second-order valence-electron chi connectivity index (χ2n) is 10.9. The molecule has 0 saturated heterocycles. The fraction of sp³-hybridized carbons (Fsp3) is 0. The maximum Gasteiger partial charge on any atom is 0.161 e. The zero-order valence-corrected chi connectivity index (χ0v) is 24.6. The molecule has 2 nitrogen and oxygen atoms in total. The smallest absolute Gasteiger partial charge is 0.161 e. The molecule has 0 atom stereocenters. The van der Waals surface area contributed by atoms with Gasteiger partial charge in [-0.15, -0.1) is 11.3 Å². The zero-order valence-electron chi connectivity index (χ0n) is 30.8. The van der Waals surface area contributed by atoms with Crippen molar-refractivity contribution in [3.05, 3.63) is 158 Å². The molecule has 0 aliphatic carbocycles. The Morgan fingerprint density at radius 3 is 1.91 bits per heavy atom. The van der Waals surface area contributed by atoms with Crippen molar-refractivity contribution in [2.45, 2.75) is 0 Å². The van der Waals surface area contributed by atoms with Crippen molar-refractivity contribution >= 4 is 53.1 Å². The van der Waals surface area contributed by atoms with Gasteiger partial charge in [0, 0.05) is 42.2 Å². The number of aromatic nitrogens is 2. The molecule has 0 spiro atoms. The van der Waals surface area contributed by atoms with Gasteiger partial charge in [-0.3, -0.25) is 0 Å². The molecule has 0 bridgehead atoms. The first-order valence-corrected chi connectivity index (χ1v) is 15.4. The Bertz CT molecular complexity index is 2870. The molecule has 45 heavy (non-hydrogen) atoms. The van der Waals surface area contributed by atoms with Gasteiger partial charge in [-0.25, -0.2) is 9.97 Å². The van der Waals surface area contributed by atoms with Gasteiger partial charge in [0.25, 0.3) is 0 Å². The van der Waals surface area contributed by atoms with Gasteiger partial charge in [0.15, 0.2) is 5.82 Å². The third kappa shape index (κ3) is 4.48. The van der Waals surface area contributed by atoms with E-state index in [1.807, 2.05) is 97.1 Å². The van der Waals surface area contributed by atoms with Crippen LogP contribution in [-0.2, 0) is 0 Å². The minimum Gasteiger partial charge on any atom is -0.228 e. The van der Waals surface area contributed by atoms with Gasteiger partial charge in [-0.05, 0) is 57.6 Å². The Morgan fingerprint density at radius 2 is 1.16 bits per heavy atom. The van der Waals surface area contributed by atoms with Crippen LogP contribution in [0.1, 0.15) is 9.60 Å². The first-order chi connectivity index (χ1) is 25.2. The fourth-order valence-corrected chi connectivity index (χ4v) is 7.16. The highest BCUT2D eigenvalue weighted by Crippen LogP contribution is 2.44. The van der Waals surface area contributed by atoms with Crippen LogP contribution >= 0.6 is 11.3 Å². The Hall–Kier alpha value is -5.64. The first kappa shape index (κ1) is 19.6. The lowest BCUT2D eigenvalue weighted by atomic mass is 9.95. The lowest BCUT2D eigenvalue weighted by Crippen LogP contribution is -1.97. The van der Waals surface area contributed by atoms with Crippen LogP contribution in [0.3, 0.4) is 0 Å². The number of hydrogen-bond donors (Lipinski definition) is 0. The highest BCUT2D eigenvalue weighted by atomic mass is 32.1. The van der Waals surface area contributed by atoms with Gasteiger partial charge in [0.05, 0.1) is 21.0 Å². The molecular weight excluding hydrogens is 565 g/mol. The monoisotopic (exact) mass is 597 g/mol. The number of rotatable bonds is 4. The highest BCUT2D eigenvalue weighted by Gasteiger charge is 2.18. The quantitative estimate of drug-likeness (QED) is 0.202. The average molecular weight is 598 g/mol. The van der Waals surface area contributed by atoms with E-state index in [1.54, 1.807) is 11.3 Å². The average Bonchev–Trinajstić information content (AvgIpc) is 3.57. The van der Waals surface area contributed by atoms with E-state index in [-0.39, 0.29) is 34.5 Å². The lowest BCUT2D eigenvalue weighted by molar-refractivity contribution is 1.19. The molecule has 0 unspecified atom stereocenters. The molecule has 0 amide bonds. The Morgan fingerprint density at radius 1 is 0.489 bits per heavy atom. The molecule has 210 valence electrons. The predicted octanol–water partition coefficient (Wildman–Crippen LogP) is 11.8. The van der Waals surface area contributed by atoms with Crippen LogP contribution in [0.4, 0.5) is 0 Å². The van der Waals surface area contributed by atoms with Gasteiger partial charge in [0.2, 0.25) is 0 Å². The van der Waals surface area contributed by atoms with Crippen LogP contribution in [0.5, 0.6) is 0 Å². The lowest BCUT2D eigenvalue weighted by Gasteiger charge is -2.13. The minimum absolute atomic E-state index is 0.0672. The Balaban J connectivity index is 1.37. The van der Waals surface area contributed by atoms with Crippen LogP contribution in [-0.4, -0.2) is 9.97 Å². The van der Waals surface area contributed by atoms with Crippen molar-refractivity contribution in [1.82, 2.24) is 9.97 Å². The van der Waals surface area contributed by atoms with E-state index in [2.05, 4.69) is 18.2 Å². The van der Waals surface area contributed by atoms with Crippen molar-refractivity contribution in [2.75, 3.05) is 0 Å². The Labute approximate surface area is 274 Å². The molecule has 0 radical (unpaired) electrons. The number of hydrogen-bond acceptors (Lipinski definition) is 3. The van der Waals surface area contributed by atoms with E-state index in [0.29, 0.717) is 11.4 Å². The summed E-state index contributed by atoms with van der Waals surface area (Å²) in [5, 5.41) is 3.64. The van der Waals surface area contributed by atoms with E-state index in [1.165, 1.54) is 0 Å². The van der Waals surface area contributed by atoms with Crippen LogP contribution < -0.4 is 0 Å². The maximum absolute atomic E-state index is 9.20. The summed E-state index contributed by atoms with van der Waals surface area (Å²) in [6, 6.07) is 35.5. The number of nitrogens with zero attached hydrogens (tertiary/aromatic N) is 2. The molecule has 0 aliphatic rings. The molecule has 0 saturated carbocycles. The summed E-state index contributed by atoms with van der Waals surface area (Å²) in [4.78, 5) is 10.3. The summed E-state index contributed by atoms with van der Waals surface area (Å²) in [5.41, 5.74) is 4.95. The van der Waals surface area contributed by atoms with E-state index in [4.69, 9.17) is 18.2 Å². The molecule has 3 heteroatoms. The van der Waals surface area contributed by atoms with Crippen molar-refractivity contribution in [3.63, 3.8) is 0 Å². The summed E-state index contributed by atoms with van der Waals surface area (Å²) in [6.45, 7) is 0. The molecular formula is C42H26N2S. The van der Waals surface area contributed by atoms with Gasteiger partial charge in [-0.2, -0.15) is 0 Å². The minimum atomic E-state index is -0.489. The zero-order chi connectivity index (χ0) is 35.8. The van der Waals surface area contributed by atoms with Gasteiger partial charge in [-0.1, -0.05) is 127 Å². The van der Waals surface area contributed by atoms with Crippen molar-refractivity contribution in [3.8, 4) is 45.0 Å². The molecule has 9 rings (SSSR count). The van der Waals surface area contributed by atoms with E-state index < -0.39 is 24.2 Å². The van der Waals surface area contributed by atoms with Crippen LogP contribution in [0.15, 0.2) is 158 Å². The second-order valence-corrected chi connectivity index (χ2v) is 11.9. The molecule has 2 aromatic heterocycles. The number of thiophene rings is 1. The second kappa shape index (κ2) is 10.5. The van der Waals surface area contributed by atoms with Crippen molar-refractivity contribution in [2.24, 2.45) is 0 Å². The molecule has 7 aromatic carbocycles. The SMILES string of the molecule is [2H]c1c([2H])c([2H])c2c([2H])c(-c3ccc4c(-c5nc(-c6ccccc6)cc(-c6ccccc6)n5)cc5c6ccccc6sc5c4c3)c([2H])c([2H])c2c1[2H]. The van der Waals surface area contributed by atoms with Crippen LogP contribution in [0.25, 0.3) is 86.7 Å². The molecule has 0 aliphatic heterocycles. The van der Waals surface area contributed by atoms with E-state index >= 15 is 0 Å². The third-order valence-electron chi connectivity index (χ3n) is 8.12. The molecule has 9 aromatic rings. The predicted molar refractivity (Wildman–Crippen MR) is 192 cm³/mol. The summed E-state index contributed by atoms with van der Waals surface area (Å²) in [5.74, 6) is 0.549. The Kier molecular flexibility index (Phi) is 4.58. The molecule has 0 N–H and O–H groups in total. The topological polar surface area (TPSA) is 25.8 Å². The van der Waals surface area contributed by atoms with Crippen LogP contribution in [0.2, 0.25) is 0 Å². The number of fused-ring (bicyclic) bond motifs is 6. The molecule has 2 heterocycles. The normalized spacial score (nSPS) is 13.7. The summed E-state index contributed by atoms with van der Waals surface area (Å²) in [6.07, 6.45) is 0.